The van der Waals surface area contributed by atoms with Crippen LogP contribution in [0, 0.1) is 6.92 Å². The summed E-state index contributed by atoms with van der Waals surface area (Å²) in [5, 5.41) is 12.4. The maximum Gasteiger partial charge on any atom is 0.123 e. The third kappa shape index (κ3) is 1.74. The predicted molar refractivity (Wildman–Crippen MR) is 75.8 cm³/mol. The Bertz CT molecular complexity index is 714. The Kier molecular flexibility index (Phi) is 2.52. The van der Waals surface area contributed by atoms with E-state index >= 15 is 0 Å². The summed E-state index contributed by atoms with van der Waals surface area (Å²) >= 11 is 0. The highest BCUT2D eigenvalue weighted by Gasteiger charge is 2.07. The quantitative estimate of drug-likeness (QED) is 0.656. The first kappa shape index (κ1) is 10.8. The first-order valence-electron chi connectivity index (χ1n) is 6.03. The van der Waals surface area contributed by atoms with Crippen molar-refractivity contribution in [2.75, 3.05) is 0 Å². The van der Waals surface area contributed by atoms with Crippen LogP contribution >= 0.6 is 0 Å². The molecule has 1 nitrogen and oxygen atoms in total. The average molecular weight is 234 g/mol. The number of benzene rings is 3. The zero-order valence-corrected chi connectivity index (χ0v) is 10.2. The van der Waals surface area contributed by atoms with E-state index in [0.29, 0.717) is 5.75 Å². The maximum absolute atomic E-state index is 9.98. The molecular formula is C17H14O. The van der Waals surface area contributed by atoms with Crippen LogP contribution in [0.2, 0.25) is 0 Å². The van der Waals surface area contributed by atoms with Gasteiger partial charge < -0.3 is 5.11 Å². The van der Waals surface area contributed by atoms with Gasteiger partial charge in [0.25, 0.3) is 0 Å². The maximum atomic E-state index is 9.98. The van der Waals surface area contributed by atoms with Crippen molar-refractivity contribution < 1.29 is 5.11 Å². The van der Waals surface area contributed by atoms with Gasteiger partial charge in [0.15, 0.2) is 0 Å². The van der Waals surface area contributed by atoms with Crippen LogP contribution in [0.5, 0.6) is 5.75 Å². The minimum atomic E-state index is 0.325. The molecule has 0 fully saturated rings. The minimum absolute atomic E-state index is 0.325. The van der Waals surface area contributed by atoms with Gasteiger partial charge in [-0.1, -0.05) is 60.2 Å². The van der Waals surface area contributed by atoms with Crippen LogP contribution in [0.3, 0.4) is 0 Å². The van der Waals surface area contributed by atoms with Crippen LogP contribution in [-0.4, -0.2) is 5.11 Å². The molecule has 0 heterocycles. The Labute approximate surface area is 106 Å². The number of hydrogen-bond acceptors (Lipinski definition) is 1. The lowest BCUT2D eigenvalue weighted by atomic mass is 9.97. The lowest BCUT2D eigenvalue weighted by molar-refractivity contribution is 0.477. The zero-order valence-electron chi connectivity index (χ0n) is 10.2. The first-order chi connectivity index (χ1) is 8.75. The van der Waals surface area contributed by atoms with Gasteiger partial charge >= 0.3 is 0 Å². The molecule has 0 saturated heterocycles. The fourth-order valence-electron chi connectivity index (χ4n) is 2.34. The molecule has 0 atom stereocenters. The van der Waals surface area contributed by atoms with Crippen LogP contribution in [-0.2, 0) is 0 Å². The second-order valence-electron chi connectivity index (χ2n) is 4.55. The van der Waals surface area contributed by atoms with Crippen molar-refractivity contribution in [3.8, 4) is 16.9 Å². The highest BCUT2D eigenvalue weighted by atomic mass is 16.3. The lowest BCUT2D eigenvalue weighted by Crippen LogP contribution is -1.83. The number of phenols is 1. The highest BCUT2D eigenvalue weighted by molar-refractivity contribution is 5.98. The van der Waals surface area contributed by atoms with Crippen LogP contribution in [0.4, 0.5) is 0 Å². The molecule has 0 aliphatic heterocycles. The molecule has 88 valence electrons. The molecule has 0 radical (unpaired) electrons. The van der Waals surface area contributed by atoms with Gasteiger partial charge in [0.05, 0.1) is 0 Å². The van der Waals surface area contributed by atoms with Gasteiger partial charge in [-0.15, -0.1) is 0 Å². The summed E-state index contributed by atoms with van der Waals surface area (Å²) in [6.07, 6.45) is 0. The van der Waals surface area contributed by atoms with E-state index in [-0.39, 0.29) is 0 Å². The number of para-hydroxylation sites is 1. The van der Waals surface area contributed by atoms with Crippen molar-refractivity contribution in [1.29, 1.82) is 0 Å². The monoisotopic (exact) mass is 234 g/mol. The molecule has 3 rings (SSSR count). The Hall–Kier alpha value is -2.28. The van der Waals surface area contributed by atoms with Crippen molar-refractivity contribution in [3.05, 3.63) is 66.2 Å². The second kappa shape index (κ2) is 4.19. The molecule has 0 unspecified atom stereocenters. The van der Waals surface area contributed by atoms with Crippen LogP contribution in [0.1, 0.15) is 5.56 Å². The van der Waals surface area contributed by atoms with E-state index in [1.807, 2.05) is 30.3 Å². The summed E-state index contributed by atoms with van der Waals surface area (Å²) in [6, 6.07) is 20.0. The molecule has 1 heteroatoms. The first-order valence-corrected chi connectivity index (χ1v) is 6.03. The minimum Gasteiger partial charge on any atom is -0.507 e. The van der Waals surface area contributed by atoms with Gasteiger partial charge in [0, 0.05) is 5.56 Å². The number of fused-ring (bicyclic) bond motifs is 1. The Morgan fingerprint density at radius 3 is 2.39 bits per heavy atom. The molecule has 0 aliphatic carbocycles. The standard InChI is InChI=1S/C17H14O/c1-12-9-10-14-13(11-12)5-4-7-15(14)16-6-2-3-8-17(16)18/h2-11,18H,1H3. The predicted octanol–water partition coefficient (Wildman–Crippen LogP) is 4.52. The molecule has 3 aromatic carbocycles. The number of aryl methyl sites for hydroxylation is 1. The molecule has 0 aliphatic rings. The Morgan fingerprint density at radius 1 is 0.778 bits per heavy atom. The highest BCUT2D eigenvalue weighted by Crippen LogP contribution is 2.34. The van der Waals surface area contributed by atoms with Crippen LogP contribution in [0.15, 0.2) is 60.7 Å². The van der Waals surface area contributed by atoms with Crippen molar-refractivity contribution in [2.45, 2.75) is 6.92 Å². The molecule has 1 N–H and O–H groups in total. The van der Waals surface area contributed by atoms with E-state index in [4.69, 9.17) is 0 Å². The topological polar surface area (TPSA) is 20.2 Å². The fourth-order valence-corrected chi connectivity index (χ4v) is 2.34. The third-order valence-corrected chi connectivity index (χ3v) is 3.23. The molecule has 0 bridgehead atoms. The Morgan fingerprint density at radius 2 is 1.56 bits per heavy atom. The summed E-state index contributed by atoms with van der Waals surface area (Å²) in [5.41, 5.74) is 3.20. The van der Waals surface area contributed by atoms with Gasteiger partial charge in [-0.25, -0.2) is 0 Å². The molecule has 18 heavy (non-hydrogen) atoms. The summed E-state index contributed by atoms with van der Waals surface area (Å²) in [6.45, 7) is 2.09. The summed E-state index contributed by atoms with van der Waals surface area (Å²) in [4.78, 5) is 0. The molecule has 0 amide bonds. The lowest BCUT2D eigenvalue weighted by Gasteiger charge is -2.09. The Balaban J connectivity index is 2.33. The van der Waals surface area contributed by atoms with Gasteiger partial charge in [-0.2, -0.15) is 0 Å². The van der Waals surface area contributed by atoms with Gasteiger partial charge in [0.2, 0.25) is 0 Å². The van der Waals surface area contributed by atoms with E-state index in [0.717, 1.165) is 11.1 Å². The van der Waals surface area contributed by atoms with Crippen molar-refractivity contribution in [3.63, 3.8) is 0 Å². The largest absolute Gasteiger partial charge is 0.507 e. The van der Waals surface area contributed by atoms with Crippen LogP contribution < -0.4 is 0 Å². The molecule has 0 saturated carbocycles. The normalized spacial score (nSPS) is 10.7. The third-order valence-electron chi connectivity index (χ3n) is 3.23. The summed E-state index contributed by atoms with van der Waals surface area (Å²) in [7, 11) is 0. The van der Waals surface area contributed by atoms with Gasteiger partial charge in [-0.3, -0.25) is 0 Å². The van der Waals surface area contributed by atoms with E-state index in [9.17, 15) is 5.11 Å². The van der Waals surface area contributed by atoms with E-state index < -0.39 is 0 Å². The average Bonchev–Trinajstić information content (AvgIpc) is 2.38. The smallest absolute Gasteiger partial charge is 0.123 e. The van der Waals surface area contributed by atoms with E-state index in [2.05, 4.69) is 31.2 Å². The SMILES string of the molecule is Cc1ccc2c(-c3ccccc3O)cccc2c1. The van der Waals surface area contributed by atoms with Gasteiger partial charge in [0.1, 0.15) is 5.75 Å². The van der Waals surface area contributed by atoms with Crippen molar-refractivity contribution in [2.24, 2.45) is 0 Å². The molecule has 0 spiro atoms. The van der Waals surface area contributed by atoms with Crippen molar-refractivity contribution >= 4 is 10.8 Å². The summed E-state index contributed by atoms with van der Waals surface area (Å²) in [5.74, 6) is 0.325. The number of rotatable bonds is 1. The molecular weight excluding hydrogens is 220 g/mol. The number of aromatic hydroxyl groups is 1. The van der Waals surface area contributed by atoms with Gasteiger partial charge in [-0.05, 0) is 29.3 Å². The van der Waals surface area contributed by atoms with E-state index in [1.54, 1.807) is 6.07 Å². The molecule has 0 aromatic heterocycles. The number of phenolic OH excluding ortho intramolecular Hbond substituents is 1. The number of hydrogen-bond donors (Lipinski definition) is 1. The second-order valence-corrected chi connectivity index (χ2v) is 4.55. The van der Waals surface area contributed by atoms with Crippen molar-refractivity contribution in [1.82, 2.24) is 0 Å². The molecule has 3 aromatic rings. The van der Waals surface area contributed by atoms with Crippen LogP contribution in [0.25, 0.3) is 21.9 Å². The fraction of sp³-hybridized carbons (Fsp3) is 0.0588. The van der Waals surface area contributed by atoms with E-state index in [1.165, 1.54) is 16.3 Å². The zero-order chi connectivity index (χ0) is 12.5. The summed E-state index contributed by atoms with van der Waals surface area (Å²) < 4.78 is 0.